The minimum Gasteiger partial charge on any atom is -0.224 e. The summed E-state index contributed by atoms with van der Waals surface area (Å²) in [5, 5.41) is 0. The average Bonchev–Trinajstić information content (AvgIpc) is 2.18. The number of rotatable bonds is 4. The van der Waals surface area contributed by atoms with Gasteiger partial charge >= 0.3 is 0 Å². The highest BCUT2D eigenvalue weighted by Crippen LogP contribution is 2.11. The number of carbonyl (C=O) groups excluding carboxylic acids is 1. The van der Waals surface area contributed by atoms with E-state index in [1.807, 2.05) is 6.92 Å². The first-order valence-electron chi connectivity index (χ1n) is 4.39. The van der Waals surface area contributed by atoms with Crippen LogP contribution in [-0.2, 0) is 14.6 Å². The van der Waals surface area contributed by atoms with Crippen LogP contribution in [0.15, 0.2) is 34.2 Å². The summed E-state index contributed by atoms with van der Waals surface area (Å²) in [4.78, 5) is 13.3. The molecule has 1 rings (SSSR count). The van der Waals surface area contributed by atoms with Gasteiger partial charge in [0.2, 0.25) is 6.08 Å². The normalized spacial score (nSPS) is 10.7. The molecule has 0 saturated heterocycles. The summed E-state index contributed by atoms with van der Waals surface area (Å²) in [6.45, 7) is 1.84. The van der Waals surface area contributed by atoms with Crippen LogP contribution in [0, 0.1) is 6.92 Å². The Morgan fingerprint density at radius 3 is 2.40 bits per heavy atom. The predicted molar refractivity (Wildman–Crippen MR) is 56.2 cm³/mol. The van der Waals surface area contributed by atoms with Crippen molar-refractivity contribution in [3.05, 3.63) is 29.8 Å². The third kappa shape index (κ3) is 3.31. The summed E-state index contributed by atoms with van der Waals surface area (Å²) in [5.74, 6) is -0.161. The van der Waals surface area contributed by atoms with Crippen molar-refractivity contribution in [1.82, 2.24) is 0 Å². The van der Waals surface area contributed by atoms with E-state index in [1.54, 1.807) is 24.3 Å². The van der Waals surface area contributed by atoms with Crippen molar-refractivity contribution in [3.8, 4) is 0 Å². The predicted octanol–water partition coefficient (Wildman–Crippen LogP) is 1.10. The van der Waals surface area contributed by atoms with Crippen LogP contribution in [0.5, 0.6) is 0 Å². The largest absolute Gasteiger partial charge is 0.234 e. The van der Waals surface area contributed by atoms with Crippen molar-refractivity contribution >= 4 is 15.9 Å². The van der Waals surface area contributed by atoms with Crippen LogP contribution in [0.4, 0.5) is 0 Å². The fourth-order valence-electron chi connectivity index (χ4n) is 1.07. The van der Waals surface area contributed by atoms with E-state index in [-0.39, 0.29) is 17.2 Å². The van der Waals surface area contributed by atoms with Crippen LogP contribution in [0.3, 0.4) is 0 Å². The first kappa shape index (κ1) is 11.6. The van der Waals surface area contributed by atoms with Crippen molar-refractivity contribution in [2.45, 2.75) is 11.8 Å². The lowest BCUT2D eigenvalue weighted by Gasteiger charge is -2.01. The summed E-state index contributed by atoms with van der Waals surface area (Å²) < 4.78 is 23.3. The molecule has 0 atom stereocenters. The molecule has 0 aliphatic rings. The summed E-state index contributed by atoms with van der Waals surface area (Å²) in [6.07, 6.45) is 1.31. The molecule has 5 heteroatoms. The molecule has 15 heavy (non-hydrogen) atoms. The zero-order valence-corrected chi connectivity index (χ0v) is 9.12. The van der Waals surface area contributed by atoms with Crippen LogP contribution in [0.25, 0.3) is 0 Å². The molecule has 0 fully saturated rings. The quantitative estimate of drug-likeness (QED) is 0.569. The number of hydrogen-bond acceptors (Lipinski definition) is 4. The highest BCUT2D eigenvalue weighted by atomic mass is 32.2. The van der Waals surface area contributed by atoms with Gasteiger partial charge in [0.25, 0.3) is 0 Å². The third-order valence-corrected chi connectivity index (χ3v) is 3.63. The summed E-state index contributed by atoms with van der Waals surface area (Å²) in [7, 11) is -3.32. The molecule has 0 aliphatic heterocycles. The van der Waals surface area contributed by atoms with Crippen molar-refractivity contribution in [2.24, 2.45) is 4.99 Å². The first-order valence-corrected chi connectivity index (χ1v) is 6.04. The maximum atomic E-state index is 11.6. The average molecular weight is 225 g/mol. The maximum Gasteiger partial charge on any atom is 0.234 e. The van der Waals surface area contributed by atoms with Crippen molar-refractivity contribution < 1.29 is 13.2 Å². The Bertz CT molecular complexity index is 470. The Balaban J connectivity index is 2.86. The molecule has 0 N–H and O–H groups in total. The fraction of sp³-hybridized carbons (Fsp3) is 0.300. The van der Waals surface area contributed by atoms with Crippen LogP contribution in [0.2, 0.25) is 0 Å². The molecule has 0 radical (unpaired) electrons. The third-order valence-electron chi connectivity index (χ3n) is 1.92. The summed E-state index contributed by atoms with van der Waals surface area (Å²) in [5.41, 5.74) is 1.000. The van der Waals surface area contributed by atoms with E-state index >= 15 is 0 Å². The van der Waals surface area contributed by atoms with E-state index < -0.39 is 9.84 Å². The molecule has 1 aromatic rings. The van der Waals surface area contributed by atoms with Gasteiger partial charge in [0.1, 0.15) is 0 Å². The minimum absolute atomic E-state index is 0.0420. The summed E-state index contributed by atoms with van der Waals surface area (Å²) >= 11 is 0. The zero-order valence-electron chi connectivity index (χ0n) is 8.30. The summed E-state index contributed by atoms with van der Waals surface area (Å²) in [6, 6.07) is 6.57. The minimum atomic E-state index is -3.32. The molecule has 0 saturated carbocycles. The van der Waals surface area contributed by atoms with Gasteiger partial charge in [0.05, 0.1) is 17.2 Å². The zero-order chi connectivity index (χ0) is 11.3. The number of hydrogen-bond donors (Lipinski definition) is 0. The topological polar surface area (TPSA) is 63.6 Å². The fourth-order valence-corrected chi connectivity index (χ4v) is 2.19. The lowest BCUT2D eigenvalue weighted by atomic mass is 10.2. The molecule has 80 valence electrons. The van der Waals surface area contributed by atoms with Crippen molar-refractivity contribution in [3.63, 3.8) is 0 Å². The van der Waals surface area contributed by atoms with Gasteiger partial charge in [-0.15, -0.1) is 0 Å². The van der Waals surface area contributed by atoms with Gasteiger partial charge in [-0.05, 0) is 19.1 Å². The second-order valence-corrected chi connectivity index (χ2v) is 5.21. The Hall–Kier alpha value is -1.45. The second kappa shape index (κ2) is 4.87. The van der Waals surface area contributed by atoms with E-state index in [2.05, 4.69) is 4.99 Å². The van der Waals surface area contributed by atoms with Crippen molar-refractivity contribution in [1.29, 1.82) is 0 Å². The van der Waals surface area contributed by atoms with E-state index in [0.29, 0.717) is 0 Å². The van der Waals surface area contributed by atoms with Gasteiger partial charge in [-0.3, -0.25) is 0 Å². The number of sulfone groups is 1. The lowest BCUT2D eigenvalue weighted by Crippen LogP contribution is -2.09. The maximum absolute atomic E-state index is 11.6. The molecule has 0 unspecified atom stereocenters. The number of isocyanates is 1. The number of aryl methyl sites for hydroxylation is 1. The number of nitrogens with zero attached hydrogens (tertiary/aromatic N) is 1. The molecular formula is C10H11NO3S. The number of benzene rings is 1. The highest BCUT2D eigenvalue weighted by Gasteiger charge is 2.12. The van der Waals surface area contributed by atoms with Gasteiger partial charge in [0, 0.05) is 0 Å². The monoisotopic (exact) mass is 225 g/mol. The van der Waals surface area contributed by atoms with Gasteiger partial charge in [0.15, 0.2) is 9.84 Å². The molecule has 0 amide bonds. The van der Waals surface area contributed by atoms with Gasteiger partial charge in [-0.1, -0.05) is 17.7 Å². The van der Waals surface area contributed by atoms with Crippen molar-refractivity contribution in [2.75, 3.05) is 12.3 Å². The Morgan fingerprint density at radius 1 is 1.27 bits per heavy atom. The van der Waals surface area contributed by atoms with Crippen LogP contribution in [0.1, 0.15) is 5.56 Å². The Kier molecular flexibility index (Phi) is 3.77. The molecule has 0 aliphatic carbocycles. The number of aliphatic imine (C=N–C) groups is 1. The highest BCUT2D eigenvalue weighted by molar-refractivity contribution is 7.91. The Labute approximate surface area is 88.6 Å². The first-order chi connectivity index (χ1) is 7.06. The lowest BCUT2D eigenvalue weighted by molar-refractivity contribution is 0.563. The molecule has 0 bridgehead atoms. The van der Waals surface area contributed by atoms with Crippen LogP contribution >= 0.6 is 0 Å². The van der Waals surface area contributed by atoms with E-state index in [0.717, 1.165) is 5.56 Å². The van der Waals surface area contributed by atoms with Crippen LogP contribution in [-0.4, -0.2) is 26.8 Å². The standard InChI is InChI=1S/C10H11NO3S/c1-9-2-4-10(5-3-9)15(13,14)7-6-11-8-12/h2-5H,6-7H2,1H3. The van der Waals surface area contributed by atoms with Crippen LogP contribution < -0.4 is 0 Å². The molecule has 0 spiro atoms. The van der Waals surface area contributed by atoms with E-state index in [4.69, 9.17) is 0 Å². The van der Waals surface area contributed by atoms with Gasteiger partial charge in [-0.2, -0.15) is 0 Å². The van der Waals surface area contributed by atoms with Gasteiger partial charge < -0.3 is 0 Å². The van der Waals surface area contributed by atoms with E-state index in [9.17, 15) is 13.2 Å². The molecule has 1 aromatic carbocycles. The molecular weight excluding hydrogens is 214 g/mol. The molecule has 0 heterocycles. The SMILES string of the molecule is Cc1ccc(S(=O)(=O)CCN=C=O)cc1. The molecule has 4 nitrogen and oxygen atoms in total. The second-order valence-electron chi connectivity index (χ2n) is 3.10. The smallest absolute Gasteiger partial charge is 0.224 e. The van der Waals surface area contributed by atoms with Gasteiger partial charge in [-0.25, -0.2) is 18.2 Å². The molecule has 0 aromatic heterocycles. The Morgan fingerprint density at radius 2 is 1.87 bits per heavy atom. The van der Waals surface area contributed by atoms with E-state index in [1.165, 1.54) is 6.08 Å².